The van der Waals surface area contributed by atoms with E-state index in [0.29, 0.717) is 32.7 Å². The van der Waals surface area contributed by atoms with Crippen LogP contribution in [-0.4, -0.2) is 58.6 Å². The van der Waals surface area contributed by atoms with Crippen molar-refractivity contribution in [3.05, 3.63) is 18.2 Å². The molecule has 3 heterocycles. The van der Waals surface area contributed by atoms with Crippen LogP contribution in [0.1, 0.15) is 45.4 Å². The monoisotopic (exact) mass is 362 g/mol. The molecule has 3 rings (SSSR count). The summed E-state index contributed by atoms with van der Waals surface area (Å²) in [5.74, 6) is 0.946. The number of rotatable bonds is 6. The molecule has 0 unspecified atom stereocenters. The number of hydrogen-bond donors (Lipinski definition) is 1. The van der Waals surface area contributed by atoms with E-state index in [4.69, 9.17) is 4.74 Å². The van der Waals surface area contributed by atoms with Crippen molar-refractivity contribution in [1.29, 1.82) is 0 Å². The minimum absolute atomic E-state index is 0.105. The molecule has 26 heavy (non-hydrogen) atoms. The number of esters is 1. The van der Waals surface area contributed by atoms with E-state index in [0.717, 1.165) is 38.1 Å². The molecule has 0 radical (unpaired) electrons. The molecular formula is C19H30N4O3. The van der Waals surface area contributed by atoms with Crippen molar-refractivity contribution in [3.63, 3.8) is 0 Å². The molecule has 0 spiro atoms. The summed E-state index contributed by atoms with van der Waals surface area (Å²) in [5.41, 5.74) is -0.592. The van der Waals surface area contributed by atoms with E-state index in [1.165, 1.54) is 0 Å². The van der Waals surface area contributed by atoms with Gasteiger partial charge in [0.25, 0.3) is 0 Å². The molecule has 1 amide bonds. The van der Waals surface area contributed by atoms with E-state index >= 15 is 0 Å². The van der Waals surface area contributed by atoms with Gasteiger partial charge in [-0.2, -0.15) is 0 Å². The molecule has 1 N–H and O–H groups in total. The average Bonchev–Trinajstić information content (AvgIpc) is 3.13. The van der Waals surface area contributed by atoms with Crippen LogP contribution in [0.2, 0.25) is 0 Å². The third-order valence-corrected chi connectivity index (χ3v) is 5.74. The lowest BCUT2D eigenvalue weighted by molar-refractivity contribution is -0.165. The fourth-order valence-corrected chi connectivity index (χ4v) is 4.35. The van der Waals surface area contributed by atoms with Gasteiger partial charge in [0, 0.05) is 50.9 Å². The molecule has 1 aromatic heterocycles. The summed E-state index contributed by atoms with van der Waals surface area (Å²) in [5, 5.41) is 3.48. The van der Waals surface area contributed by atoms with Crippen molar-refractivity contribution >= 4 is 11.9 Å². The molecule has 1 aromatic rings. The number of amides is 1. The first-order valence-corrected chi connectivity index (χ1v) is 9.79. The minimum atomic E-state index is -0.592. The summed E-state index contributed by atoms with van der Waals surface area (Å²) in [6, 6.07) is 0.111. The molecule has 2 fully saturated rings. The van der Waals surface area contributed by atoms with E-state index in [-0.39, 0.29) is 17.9 Å². The molecule has 2 atom stereocenters. The lowest BCUT2D eigenvalue weighted by Gasteiger charge is -2.49. The zero-order chi connectivity index (χ0) is 18.6. The second-order valence-electron chi connectivity index (χ2n) is 7.23. The Morgan fingerprint density at radius 2 is 2.27 bits per heavy atom. The molecule has 2 aliphatic heterocycles. The molecule has 7 nitrogen and oxygen atoms in total. The third kappa shape index (κ3) is 3.63. The Balaban J connectivity index is 1.66. The van der Waals surface area contributed by atoms with Gasteiger partial charge in [0.15, 0.2) is 0 Å². The van der Waals surface area contributed by atoms with Crippen LogP contribution < -0.4 is 5.32 Å². The number of likely N-dealkylation sites (tertiary alicyclic amines) is 1. The van der Waals surface area contributed by atoms with Gasteiger partial charge in [0.2, 0.25) is 5.91 Å². The van der Waals surface area contributed by atoms with Gasteiger partial charge < -0.3 is 19.5 Å². The molecule has 2 aliphatic rings. The quantitative estimate of drug-likeness (QED) is 0.774. The highest BCUT2D eigenvalue weighted by atomic mass is 16.5. The highest BCUT2D eigenvalue weighted by Gasteiger charge is 2.52. The lowest BCUT2D eigenvalue weighted by Crippen LogP contribution is -2.64. The van der Waals surface area contributed by atoms with Gasteiger partial charge in [-0.25, -0.2) is 4.98 Å². The summed E-state index contributed by atoms with van der Waals surface area (Å²) in [4.78, 5) is 31.7. The van der Waals surface area contributed by atoms with Crippen LogP contribution in [0.4, 0.5) is 0 Å². The second kappa shape index (κ2) is 8.20. The number of imidazole rings is 1. The number of nitrogens with zero attached hydrogens (tertiary/aromatic N) is 3. The summed E-state index contributed by atoms with van der Waals surface area (Å²) in [6.07, 6.45) is 7.50. The lowest BCUT2D eigenvalue weighted by atomic mass is 9.70. The maximum atomic E-state index is 12.8. The zero-order valence-corrected chi connectivity index (χ0v) is 15.9. The molecular weight excluding hydrogens is 332 g/mol. The van der Waals surface area contributed by atoms with E-state index < -0.39 is 5.41 Å². The van der Waals surface area contributed by atoms with Crippen molar-refractivity contribution in [2.45, 2.75) is 58.5 Å². The highest BCUT2D eigenvalue weighted by molar-refractivity contribution is 5.81. The number of carbonyl (C=O) groups excluding carboxylic acids is 2. The van der Waals surface area contributed by atoms with Crippen LogP contribution in [0, 0.1) is 5.41 Å². The molecule has 0 bridgehead atoms. The van der Waals surface area contributed by atoms with Crippen LogP contribution in [-0.2, 0) is 27.3 Å². The summed E-state index contributed by atoms with van der Waals surface area (Å²) >= 11 is 0. The normalized spacial score (nSPS) is 25.6. The Kier molecular flexibility index (Phi) is 5.96. The molecule has 7 heteroatoms. The molecule has 0 saturated carbocycles. The summed E-state index contributed by atoms with van der Waals surface area (Å²) in [6.45, 7) is 7.00. The van der Waals surface area contributed by atoms with Gasteiger partial charge in [0.05, 0.1) is 6.61 Å². The third-order valence-electron chi connectivity index (χ3n) is 5.74. The Morgan fingerprint density at radius 3 is 3.04 bits per heavy atom. The van der Waals surface area contributed by atoms with Crippen molar-refractivity contribution in [3.8, 4) is 0 Å². The van der Waals surface area contributed by atoms with Crippen molar-refractivity contribution in [1.82, 2.24) is 19.8 Å². The number of fused-ring (bicyclic) bond motifs is 1. The second-order valence-corrected chi connectivity index (χ2v) is 7.23. The molecule has 0 aliphatic carbocycles. The molecule has 144 valence electrons. The number of ether oxygens (including phenoxy) is 1. The SMILES string of the molecule is CCOC(=O)[C@]12CCCN[C@@H]1CCN(C(=O)CCn1ccnc1CC)C2. The summed E-state index contributed by atoms with van der Waals surface area (Å²) in [7, 11) is 0. The van der Waals surface area contributed by atoms with E-state index in [1.54, 1.807) is 6.20 Å². The van der Waals surface area contributed by atoms with Gasteiger partial charge in [0.1, 0.15) is 11.2 Å². The van der Waals surface area contributed by atoms with Gasteiger partial charge >= 0.3 is 5.97 Å². The number of carbonyl (C=O) groups is 2. The fourth-order valence-electron chi connectivity index (χ4n) is 4.35. The largest absolute Gasteiger partial charge is 0.465 e. The van der Waals surface area contributed by atoms with Gasteiger partial charge in [-0.05, 0) is 32.7 Å². The van der Waals surface area contributed by atoms with Crippen LogP contribution >= 0.6 is 0 Å². The zero-order valence-electron chi connectivity index (χ0n) is 15.9. The molecule has 2 saturated heterocycles. The van der Waals surface area contributed by atoms with Crippen molar-refractivity contribution < 1.29 is 14.3 Å². The fraction of sp³-hybridized carbons (Fsp3) is 0.737. The van der Waals surface area contributed by atoms with Crippen LogP contribution in [0.5, 0.6) is 0 Å². The van der Waals surface area contributed by atoms with Gasteiger partial charge in [-0.1, -0.05) is 6.92 Å². The van der Waals surface area contributed by atoms with Gasteiger partial charge in [-0.3, -0.25) is 9.59 Å². The van der Waals surface area contributed by atoms with Crippen molar-refractivity contribution in [2.75, 3.05) is 26.2 Å². The standard InChI is InChI=1S/C19H30N4O3/c1-3-16-21-10-13-22(16)12-7-17(24)23-11-6-15-19(14-23,8-5-9-20-15)18(25)26-4-2/h10,13,15,20H,3-9,11-12,14H2,1-2H3/t15-,19+/m1/s1. The highest BCUT2D eigenvalue weighted by Crippen LogP contribution is 2.39. The number of hydrogen-bond acceptors (Lipinski definition) is 5. The number of nitrogens with one attached hydrogen (secondary N) is 1. The maximum absolute atomic E-state index is 12.8. The van der Waals surface area contributed by atoms with Crippen molar-refractivity contribution in [2.24, 2.45) is 5.41 Å². The van der Waals surface area contributed by atoms with Crippen LogP contribution in [0.3, 0.4) is 0 Å². The number of aromatic nitrogens is 2. The number of piperidine rings is 2. The first-order valence-electron chi connectivity index (χ1n) is 9.79. The van der Waals surface area contributed by atoms with E-state index in [9.17, 15) is 9.59 Å². The number of aryl methyl sites for hydroxylation is 2. The predicted molar refractivity (Wildman–Crippen MR) is 97.5 cm³/mol. The average molecular weight is 362 g/mol. The Labute approximate surface area is 155 Å². The van der Waals surface area contributed by atoms with E-state index in [2.05, 4.69) is 17.2 Å². The first-order chi connectivity index (χ1) is 12.6. The van der Waals surface area contributed by atoms with Crippen LogP contribution in [0.25, 0.3) is 0 Å². The first kappa shape index (κ1) is 18.9. The Hall–Kier alpha value is -1.89. The van der Waals surface area contributed by atoms with Crippen LogP contribution in [0.15, 0.2) is 12.4 Å². The van der Waals surface area contributed by atoms with E-state index in [1.807, 2.05) is 22.6 Å². The molecule has 0 aromatic carbocycles. The smallest absolute Gasteiger partial charge is 0.315 e. The minimum Gasteiger partial charge on any atom is -0.465 e. The Bertz CT molecular complexity index is 644. The maximum Gasteiger partial charge on any atom is 0.315 e. The van der Waals surface area contributed by atoms with Gasteiger partial charge in [-0.15, -0.1) is 0 Å². The Morgan fingerprint density at radius 1 is 1.42 bits per heavy atom. The topological polar surface area (TPSA) is 76.5 Å². The summed E-state index contributed by atoms with van der Waals surface area (Å²) < 4.78 is 7.43. The predicted octanol–water partition coefficient (Wildman–Crippen LogP) is 1.37.